The highest BCUT2D eigenvalue weighted by Gasteiger charge is 2.35. The van der Waals surface area contributed by atoms with Crippen molar-refractivity contribution in [1.29, 1.82) is 0 Å². The number of aryl methyl sites for hydroxylation is 1. The zero-order valence-corrected chi connectivity index (χ0v) is 12.5. The van der Waals surface area contributed by atoms with E-state index in [1.165, 1.54) is 12.1 Å². The number of amides is 2. The van der Waals surface area contributed by atoms with Gasteiger partial charge in [-0.25, -0.2) is 4.39 Å². The second-order valence-corrected chi connectivity index (χ2v) is 5.84. The normalized spacial score (nSPS) is 16.8. The maximum Gasteiger partial charge on any atom is 0.293 e. The minimum Gasteiger partial charge on any atom is -0.462 e. The molecule has 0 N–H and O–H groups in total. The summed E-state index contributed by atoms with van der Waals surface area (Å²) in [6.07, 6.45) is 1.56. The largest absolute Gasteiger partial charge is 0.462 e. The summed E-state index contributed by atoms with van der Waals surface area (Å²) in [4.78, 5) is 25.7. The van der Waals surface area contributed by atoms with E-state index in [4.69, 9.17) is 4.42 Å². The van der Waals surface area contributed by atoms with E-state index in [2.05, 4.69) is 0 Å². The quantitative estimate of drug-likeness (QED) is 0.804. The molecule has 2 amide bonds. The maximum atomic E-state index is 12.9. The summed E-state index contributed by atoms with van der Waals surface area (Å²) >= 11 is 0.873. The van der Waals surface area contributed by atoms with Crippen molar-refractivity contribution in [3.63, 3.8) is 0 Å². The summed E-state index contributed by atoms with van der Waals surface area (Å²) in [5, 5.41) is -0.344. The highest BCUT2D eigenvalue weighted by molar-refractivity contribution is 8.18. The van der Waals surface area contributed by atoms with Gasteiger partial charge in [0, 0.05) is 6.08 Å². The minimum absolute atomic E-state index is 0.124. The molecule has 22 heavy (non-hydrogen) atoms. The minimum atomic E-state index is -0.367. The number of rotatable bonds is 3. The molecule has 112 valence electrons. The molecule has 2 aromatic rings. The van der Waals surface area contributed by atoms with Gasteiger partial charge in [0.05, 0.1) is 11.4 Å². The summed E-state index contributed by atoms with van der Waals surface area (Å²) < 4.78 is 18.3. The van der Waals surface area contributed by atoms with Crippen molar-refractivity contribution in [3.8, 4) is 0 Å². The van der Waals surface area contributed by atoms with Crippen LogP contribution < -0.4 is 0 Å². The zero-order chi connectivity index (χ0) is 15.7. The fraction of sp³-hybridized carbons (Fsp3) is 0.125. The van der Waals surface area contributed by atoms with Crippen LogP contribution in [0, 0.1) is 12.7 Å². The Morgan fingerprint density at radius 1 is 1.18 bits per heavy atom. The Morgan fingerprint density at radius 2 is 1.91 bits per heavy atom. The van der Waals surface area contributed by atoms with E-state index in [0.717, 1.165) is 22.4 Å². The summed E-state index contributed by atoms with van der Waals surface area (Å²) in [6, 6.07) is 9.24. The number of carbonyl (C=O) groups excluding carboxylic acids is 2. The molecule has 0 atom stereocenters. The smallest absolute Gasteiger partial charge is 0.293 e. The highest BCUT2D eigenvalue weighted by atomic mass is 32.2. The van der Waals surface area contributed by atoms with E-state index in [1.54, 1.807) is 37.3 Å². The molecule has 0 aliphatic carbocycles. The number of carbonyl (C=O) groups is 2. The molecule has 4 nitrogen and oxygen atoms in total. The molecule has 0 bridgehead atoms. The van der Waals surface area contributed by atoms with Crippen LogP contribution in [-0.4, -0.2) is 16.0 Å². The topological polar surface area (TPSA) is 50.5 Å². The fourth-order valence-electron chi connectivity index (χ4n) is 2.07. The molecule has 1 fully saturated rings. The number of benzene rings is 1. The van der Waals surface area contributed by atoms with Gasteiger partial charge in [0.2, 0.25) is 0 Å². The highest BCUT2D eigenvalue weighted by Crippen LogP contribution is 2.33. The van der Waals surface area contributed by atoms with Crippen LogP contribution >= 0.6 is 11.8 Å². The van der Waals surface area contributed by atoms with Crippen LogP contribution in [0.1, 0.15) is 17.1 Å². The van der Waals surface area contributed by atoms with Gasteiger partial charge in [-0.05, 0) is 48.5 Å². The van der Waals surface area contributed by atoms with Gasteiger partial charge in [0.1, 0.15) is 17.3 Å². The van der Waals surface area contributed by atoms with Crippen molar-refractivity contribution in [2.24, 2.45) is 0 Å². The predicted octanol–water partition coefficient (Wildman–Crippen LogP) is 3.96. The lowest BCUT2D eigenvalue weighted by Crippen LogP contribution is -2.27. The Bertz CT molecular complexity index is 764. The predicted molar refractivity (Wildman–Crippen MR) is 81.4 cm³/mol. The number of nitrogens with zero attached hydrogens (tertiary/aromatic N) is 1. The molecule has 0 saturated carbocycles. The van der Waals surface area contributed by atoms with Crippen LogP contribution in [-0.2, 0) is 11.3 Å². The van der Waals surface area contributed by atoms with Crippen LogP contribution in [0.5, 0.6) is 0 Å². The summed E-state index contributed by atoms with van der Waals surface area (Å²) in [7, 11) is 0. The first-order valence-corrected chi connectivity index (χ1v) is 7.41. The molecule has 1 aromatic carbocycles. The number of thioether (sulfide) groups is 1. The second kappa shape index (κ2) is 5.81. The van der Waals surface area contributed by atoms with Crippen molar-refractivity contribution in [1.82, 2.24) is 4.90 Å². The molecule has 6 heteroatoms. The fourth-order valence-corrected chi connectivity index (χ4v) is 2.89. The average Bonchev–Trinajstić information content (AvgIpc) is 3.00. The first kappa shape index (κ1) is 14.6. The number of imide groups is 1. The third kappa shape index (κ3) is 2.96. The van der Waals surface area contributed by atoms with E-state index in [1.807, 2.05) is 0 Å². The molecule has 1 saturated heterocycles. The van der Waals surface area contributed by atoms with E-state index in [9.17, 15) is 14.0 Å². The van der Waals surface area contributed by atoms with Gasteiger partial charge in [0.15, 0.2) is 0 Å². The van der Waals surface area contributed by atoms with Gasteiger partial charge in [-0.15, -0.1) is 0 Å². The molecule has 0 spiro atoms. The molecule has 0 unspecified atom stereocenters. The third-order valence-corrected chi connectivity index (χ3v) is 4.07. The van der Waals surface area contributed by atoms with Crippen molar-refractivity contribution in [2.75, 3.05) is 0 Å². The van der Waals surface area contributed by atoms with Crippen LogP contribution in [0.3, 0.4) is 0 Å². The molecule has 1 aromatic heterocycles. The van der Waals surface area contributed by atoms with Crippen molar-refractivity contribution in [3.05, 3.63) is 64.2 Å². The Labute approximate surface area is 130 Å². The van der Waals surface area contributed by atoms with Gasteiger partial charge in [-0.2, -0.15) is 0 Å². The van der Waals surface area contributed by atoms with Crippen LogP contribution in [0.2, 0.25) is 0 Å². The molecule has 3 rings (SSSR count). The summed E-state index contributed by atoms with van der Waals surface area (Å²) in [5.41, 5.74) is 0.693. The van der Waals surface area contributed by atoms with Crippen LogP contribution in [0.25, 0.3) is 6.08 Å². The number of hydrogen-bond donors (Lipinski definition) is 0. The van der Waals surface area contributed by atoms with Crippen molar-refractivity contribution in [2.45, 2.75) is 13.5 Å². The molecule has 1 aliphatic rings. The maximum absolute atomic E-state index is 12.9. The molecule has 2 heterocycles. The van der Waals surface area contributed by atoms with Crippen molar-refractivity contribution >= 4 is 29.0 Å². The number of hydrogen-bond acceptors (Lipinski definition) is 4. The summed E-state index contributed by atoms with van der Waals surface area (Å²) in [5.74, 6) is 0.543. The standard InChI is InChI=1S/C16H12FNO3S/c1-10-2-7-13(21-10)8-14-15(19)18(16(20)22-14)9-11-3-5-12(17)6-4-11/h2-8H,9H2,1H3/b14-8-. The average molecular weight is 317 g/mol. The van der Waals surface area contributed by atoms with Gasteiger partial charge in [-0.3, -0.25) is 14.5 Å². The molecular formula is C16H12FNO3S. The number of halogens is 1. The van der Waals surface area contributed by atoms with E-state index >= 15 is 0 Å². The van der Waals surface area contributed by atoms with Gasteiger partial charge < -0.3 is 4.42 Å². The third-order valence-electron chi connectivity index (χ3n) is 3.16. The molecule has 1 aliphatic heterocycles. The van der Waals surface area contributed by atoms with Crippen LogP contribution in [0.15, 0.2) is 45.7 Å². The Balaban J connectivity index is 1.79. The lowest BCUT2D eigenvalue weighted by atomic mass is 10.2. The molecular weight excluding hydrogens is 305 g/mol. The monoisotopic (exact) mass is 317 g/mol. The first-order valence-electron chi connectivity index (χ1n) is 6.59. The first-order chi connectivity index (χ1) is 10.5. The summed E-state index contributed by atoms with van der Waals surface area (Å²) in [6.45, 7) is 1.93. The van der Waals surface area contributed by atoms with Gasteiger partial charge >= 0.3 is 0 Å². The SMILES string of the molecule is Cc1ccc(/C=C2\SC(=O)N(Cc3ccc(F)cc3)C2=O)o1. The van der Waals surface area contributed by atoms with Crippen LogP contribution in [0.4, 0.5) is 9.18 Å². The number of furan rings is 1. The van der Waals surface area contributed by atoms with Gasteiger partial charge in [-0.1, -0.05) is 12.1 Å². The second-order valence-electron chi connectivity index (χ2n) is 4.84. The Kier molecular flexibility index (Phi) is 3.85. The Hall–Kier alpha value is -2.34. The zero-order valence-electron chi connectivity index (χ0n) is 11.7. The van der Waals surface area contributed by atoms with E-state index in [0.29, 0.717) is 16.2 Å². The Morgan fingerprint density at radius 3 is 2.55 bits per heavy atom. The van der Waals surface area contributed by atoms with E-state index in [-0.39, 0.29) is 23.5 Å². The van der Waals surface area contributed by atoms with E-state index < -0.39 is 0 Å². The van der Waals surface area contributed by atoms with Gasteiger partial charge in [0.25, 0.3) is 11.1 Å². The lowest BCUT2D eigenvalue weighted by molar-refractivity contribution is -0.123. The molecule has 0 radical (unpaired) electrons. The lowest BCUT2D eigenvalue weighted by Gasteiger charge is -2.12. The van der Waals surface area contributed by atoms with Crippen molar-refractivity contribution < 1.29 is 18.4 Å².